The second kappa shape index (κ2) is 5.57. The van der Waals surface area contributed by atoms with Gasteiger partial charge in [-0.15, -0.1) is 0 Å². The highest BCUT2D eigenvalue weighted by Gasteiger charge is 2.22. The van der Waals surface area contributed by atoms with E-state index in [2.05, 4.69) is 4.98 Å². The molecule has 0 unspecified atom stereocenters. The number of nitro benzene ring substituents is 1. The second-order valence-electron chi connectivity index (χ2n) is 4.49. The highest BCUT2D eigenvalue weighted by atomic mass is 16.6. The largest absolute Gasteiger partial charge is 0.500 e. The highest BCUT2D eigenvalue weighted by Crippen LogP contribution is 2.40. The van der Waals surface area contributed by atoms with E-state index in [-0.39, 0.29) is 22.4 Å². The zero-order valence-corrected chi connectivity index (χ0v) is 11.7. The van der Waals surface area contributed by atoms with Crippen LogP contribution in [0.1, 0.15) is 11.3 Å². The maximum Gasteiger partial charge on any atom is 0.315 e. The van der Waals surface area contributed by atoms with Gasteiger partial charge in [0.1, 0.15) is 11.6 Å². The van der Waals surface area contributed by atoms with Gasteiger partial charge in [0, 0.05) is 17.3 Å². The molecule has 112 valence electrons. The van der Waals surface area contributed by atoms with Crippen molar-refractivity contribution in [3.05, 3.63) is 49.9 Å². The lowest BCUT2D eigenvalue weighted by atomic mass is 10.00. The van der Waals surface area contributed by atoms with Gasteiger partial charge in [-0.2, -0.15) is 5.26 Å². The molecule has 2 N–H and O–H groups in total. The summed E-state index contributed by atoms with van der Waals surface area (Å²) in [6.45, 7) is 1.62. The van der Waals surface area contributed by atoms with Crippen molar-refractivity contribution in [1.82, 2.24) is 4.98 Å². The quantitative estimate of drug-likeness (QED) is 0.657. The number of hydrogen-bond acceptors (Lipinski definition) is 6. The minimum absolute atomic E-state index is 0.119. The molecule has 0 aliphatic rings. The van der Waals surface area contributed by atoms with Crippen molar-refractivity contribution in [2.24, 2.45) is 0 Å². The van der Waals surface area contributed by atoms with Crippen LogP contribution in [-0.4, -0.2) is 22.1 Å². The molecule has 1 aromatic carbocycles. The number of phenolic OH excluding ortho intramolecular Hbond substituents is 1. The van der Waals surface area contributed by atoms with Crippen molar-refractivity contribution in [1.29, 1.82) is 5.26 Å². The number of hydrogen-bond donors (Lipinski definition) is 2. The van der Waals surface area contributed by atoms with Crippen molar-refractivity contribution in [3.8, 4) is 28.7 Å². The Morgan fingerprint density at radius 3 is 2.64 bits per heavy atom. The van der Waals surface area contributed by atoms with Crippen LogP contribution in [0.25, 0.3) is 11.1 Å². The highest BCUT2D eigenvalue weighted by molar-refractivity contribution is 5.76. The molecule has 2 aromatic rings. The Kier molecular flexibility index (Phi) is 3.81. The molecule has 0 aliphatic carbocycles. The number of pyridine rings is 1. The van der Waals surface area contributed by atoms with Crippen molar-refractivity contribution >= 4 is 5.69 Å². The van der Waals surface area contributed by atoms with Gasteiger partial charge >= 0.3 is 5.69 Å². The van der Waals surface area contributed by atoms with Crippen LogP contribution in [0.4, 0.5) is 5.69 Å². The predicted octanol–water partition coefficient (Wildman–Crippen LogP) is 1.84. The third-order valence-corrected chi connectivity index (χ3v) is 3.06. The fourth-order valence-electron chi connectivity index (χ4n) is 2.07. The summed E-state index contributed by atoms with van der Waals surface area (Å²) in [6, 6.07) is 5.72. The number of benzene rings is 1. The van der Waals surface area contributed by atoms with Crippen LogP contribution in [0, 0.1) is 28.4 Å². The standard InChI is InChI=1S/C14H11N3O5/c1-7-3-9(10(6-15)14(19)16-7)8-4-11(17(20)21)13(18)12(5-8)22-2/h3-5,18H,1-2H3,(H,16,19). The fourth-order valence-corrected chi connectivity index (χ4v) is 2.07. The Bertz CT molecular complexity index is 864. The van der Waals surface area contributed by atoms with E-state index in [0.717, 1.165) is 6.07 Å². The van der Waals surface area contributed by atoms with Crippen molar-refractivity contribution in [2.45, 2.75) is 6.92 Å². The van der Waals surface area contributed by atoms with Gasteiger partial charge in [0.15, 0.2) is 5.75 Å². The number of nitriles is 1. The van der Waals surface area contributed by atoms with Crippen LogP contribution in [0.2, 0.25) is 0 Å². The summed E-state index contributed by atoms with van der Waals surface area (Å²) in [4.78, 5) is 24.5. The molecule has 2 rings (SSSR count). The number of aromatic hydroxyl groups is 1. The number of H-pyrrole nitrogens is 1. The molecular formula is C14H11N3O5. The van der Waals surface area contributed by atoms with Crippen molar-refractivity contribution < 1.29 is 14.8 Å². The lowest BCUT2D eigenvalue weighted by molar-refractivity contribution is -0.385. The van der Waals surface area contributed by atoms with Crippen molar-refractivity contribution in [2.75, 3.05) is 7.11 Å². The molecule has 0 spiro atoms. The molecule has 22 heavy (non-hydrogen) atoms. The maximum atomic E-state index is 11.8. The van der Waals surface area contributed by atoms with Gasteiger partial charge in [0.2, 0.25) is 5.75 Å². The molecule has 0 fully saturated rings. The number of methoxy groups -OCH3 is 1. The summed E-state index contributed by atoms with van der Waals surface area (Å²) >= 11 is 0. The maximum absolute atomic E-state index is 11.8. The lowest BCUT2D eigenvalue weighted by Gasteiger charge is -2.09. The number of nitro groups is 1. The molecule has 0 amide bonds. The van der Waals surface area contributed by atoms with E-state index in [1.54, 1.807) is 13.0 Å². The molecule has 8 nitrogen and oxygen atoms in total. The third kappa shape index (κ3) is 2.47. The first-order valence-electron chi connectivity index (χ1n) is 6.08. The SMILES string of the molecule is COc1cc(-c2cc(C)[nH]c(=O)c2C#N)cc([N+](=O)[O-])c1O. The van der Waals surface area contributed by atoms with Crippen LogP contribution in [0.15, 0.2) is 23.0 Å². The van der Waals surface area contributed by atoms with Gasteiger partial charge in [-0.25, -0.2) is 0 Å². The minimum atomic E-state index is -0.770. The monoisotopic (exact) mass is 301 g/mol. The average molecular weight is 301 g/mol. The molecule has 0 aliphatic heterocycles. The molecule has 0 saturated heterocycles. The molecule has 1 aromatic heterocycles. The number of nitrogens with one attached hydrogen (secondary N) is 1. The van der Waals surface area contributed by atoms with E-state index in [4.69, 9.17) is 10.00 Å². The zero-order chi connectivity index (χ0) is 16.4. The van der Waals surface area contributed by atoms with Crippen LogP contribution in [-0.2, 0) is 0 Å². The van der Waals surface area contributed by atoms with Gasteiger partial charge in [-0.05, 0) is 24.6 Å². The molecule has 0 bridgehead atoms. The van der Waals surface area contributed by atoms with Gasteiger partial charge < -0.3 is 14.8 Å². The smallest absolute Gasteiger partial charge is 0.315 e. The summed E-state index contributed by atoms with van der Waals surface area (Å²) in [5.41, 5.74) is -0.387. The Hall–Kier alpha value is -3.34. The van der Waals surface area contributed by atoms with Gasteiger partial charge in [-0.3, -0.25) is 14.9 Å². The Balaban J connectivity index is 2.85. The number of rotatable bonds is 3. The third-order valence-electron chi connectivity index (χ3n) is 3.06. The first-order chi connectivity index (χ1) is 10.4. The van der Waals surface area contributed by atoms with Gasteiger partial charge in [0.05, 0.1) is 12.0 Å². The zero-order valence-electron chi connectivity index (χ0n) is 11.7. The topological polar surface area (TPSA) is 129 Å². The van der Waals surface area contributed by atoms with Gasteiger partial charge in [-0.1, -0.05) is 0 Å². The summed E-state index contributed by atoms with van der Waals surface area (Å²) in [6.07, 6.45) is 0. The summed E-state index contributed by atoms with van der Waals surface area (Å²) in [7, 11) is 1.25. The number of ether oxygens (including phenoxy) is 1. The van der Waals surface area contributed by atoms with Crippen molar-refractivity contribution in [3.63, 3.8) is 0 Å². The number of aryl methyl sites for hydroxylation is 1. The second-order valence-corrected chi connectivity index (χ2v) is 4.49. The van der Waals surface area contributed by atoms with E-state index in [1.807, 2.05) is 0 Å². The predicted molar refractivity (Wildman–Crippen MR) is 76.8 cm³/mol. The van der Waals surface area contributed by atoms with Crippen LogP contribution in [0.3, 0.4) is 0 Å². The average Bonchev–Trinajstić information content (AvgIpc) is 2.46. The van der Waals surface area contributed by atoms with Gasteiger partial charge in [0.25, 0.3) is 5.56 Å². The normalized spacial score (nSPS) is 10.0. The van der Waals surface area contributed by atoms with E-state index in [0.29, 0.717) is 5.69 Å². The molecular weight excluding hydrogens is 290 g/mol. The first-order valence-corrected chi connectivity index (χ1v) is 6.08. The molecule has 0 radical (unpaired) electrons. The molecule has 0 atom stereocenters. The summed E-state index contributed by atoms with van der Waals surface area (Å²) < 4.78 is 4.91. The Morgan fingerprint density at radius 2 is 2.09 bits per heavy atom. The fraction of sp³-hybridized carbons (Fsp3) is 0.143. The lowest BCUT2D eigenvalue weighted by Crippen LogP contribution is -2.12. The molecule has 1 heterocycles. The number of nitrogens with zero attached hydrogens (tertiary/aromatic N) is 2. The van der Waals surface area contributed by atoms with E-state index >= 15 is 0 Å². The number of aromatic nitrogens is 1. The van der Waals surface area contributed by atoms with E-state index in [1.165, 1.54) is 19.2 Å². The van der Waals surface area contributed by atoms with Crippen LogP contribution >= 0.6 is 0 Å². The first kappa shape index (κ1) is 15.1. The molecule has 0 saturated carbocycles. The summed E-state index contributed by atoms with van der Waals surface area (Å²) in [5.74, 6) is -0.734. The van der Waals surface area contributed by atoms with Crippen LogP contribution in [0.5, 0.6) is 11.5 Å². The minimum Gasteiger partial charge on any atom is -0.500 e. The van der Waals surface area contributed by atoms with E-state index < -0.39 is 21.9 Å². The Labute approximate surface area is 124 Å². The Morgan fingerprint density at radius 1 is 1.41 bits per heavy atom. The number of phenols is 1. The van der Waals surface area contributed by atoms with E-state index in [9.17, 15) is 20.0 Å². The summed E-state index contributed by atoms with van der Waals surface area (Å²) in [5, 5.41) is 29.9. The van der Waals surface area contributed by atoms with Crippen LogP contribution < -0.4 is 10.3 Å². The number of aromatic amines is 1. The molecule has 8 heteroatoms.